The molecule has 3 heterocycles. The maximum Gasteiger partial charge on any atom is 0.245 e. The van der Waals surface area contributed by atoms with Crippen molar-refractivity contribution in [2.75, 3.05) is 39.3 Å². The number of carbonyl (C=O) groups is 2. The normalized spacial score (nSPS) is 15.5. The van der Waals surface area contributed by atoms with Crippen molar-refractivity contribution in [3.63, 3.8) is 0 Å². The third-order valence-corrected chi connectivity index (χ3v) is 7.46. The third-order valence-electron chi connectivity index (χ3n) is 5.52. The summed E-state index contributed by atoms with van der Waals surface area (Å²) in [6, 6.07) is 3.43. The van der Waals surface area contributed by atoms with Gasteiger partial charge >= 0.3 is 0 Å². The molecular weight excluding hydrogens is 406 g/mol. The Balaban J connectivity index is 1.53. The molecule has 0 atom stereocenters. The third kappa shape index (κ3) is 4.65. The molecule has 2 amide bonds. The highest BCUT2D eigenvalue weighted by molar-refractivity contribution is 7.89. The second-order valence-corrected chi connectivity index (χ2v) is 9.16. The van der Waals surface area contributed by atoms with E-state index in [1.54, 1.807) is 28.1 Å². The van der Waals surface area contributed by atoms with Crippen molar-refractivity contribution in [2.24, 2.45) is 0 Å². The van der Waals surface area contributed by atoms with Crippen molar-refractivity contribution in [1.82, 2.24) is 24.1 Å². The number of aromatic amines is 1. The molecule has 0 saturated carbocycles. The van der Waals surface area contributed by atoms with E-state index in [4.69, 9.17) is 0 Å². The summed E-state index contributed by atoms with van der Waals surface area (Å²) in [6.07, 6.45) is 4.24. The number of fused-ring (bicyclic) bond motifs is 1. The lowest BCUT2D eigenvalue weighted by Gasteiger charge is -2.34. The molecule has 0 spiro atoms. The van der Waals surface area contributed by atoms with E-state index in [2.05, 4.69) is 9.97 Å². The molecule has 0 radical (unpaired) electrons. The minimum Gasteiger partial charge on any atom is -0.345 e. The summed E-state index contributed by atoms with van der Waals surface area (Å²) in [4.78, 5) is 35.2. The standard InChI is InChI=1S/C20H29N5O4S/c1-3-23(4-2)18(26)8-5-9-19(27)24-11-13-25(14-12-24)30(28,29)17-15-22-20-16(17)7-6-10-21-20/h6-7,10,15H,3-5,8-9,11-14H2,1-2H3,(H,21,22). The van der Waals surface area contributed by atoms with Gasteiger partial charge in [0.1, 0.15) is 10.5 Å². The van der Waals surface area contributed by atoms with Gasteiger partial charge in [-0.2, -0.15) is 4.31 Å². The van der Waals surface area contributed by atoms with E-state index < -0.39 is 10.0 Å². The molecule has 9 nitrogen and oxygen atoms in total. The van der Waals surface area contributed by atoms with Gasteiger partial charge < -0.3 is 14.8 Å². The molecule has 1 saturated heterocycles. The Morgan fingerprint density at radius 1 is 1.13 bits per heavy atom. The van der Waals surface area contributed by atoms with Crippen LogP contribution < -0.4 is 0 Å². The smallest absolute Gasteiger partial charge is 0.245 e. The van der Waals surface area contributed by atoms with Crippen LogP contribution in [0.15, 0.2) is 29.4 Å². The fourth-order valence-electron chi connectivity index (χ4n) is 3.74. The van der Waals surface area contributed by atoms with Crippen LogP contribution in [-0.2, 0) is 19.6 Å². The molecule has 2 aromatic rings. The van der Waals surface area contributed by atoms with Gasteiger partial charge in [0.05, 0.1) is 0 Å². The Morgan fingerprint density at radius 3 is 2.50 bits per heavy atom. The van der Waals surface area contributed by atoms with E-state index in [0.717, 1.165) is 0 Å². The van der Waals surface area contributed by atoms with Crippen LogP contribution in [0.5, 0.6) is 0 Å². The monoisotopic (exact) mass is 435 g/mol. The highest BCUT2D eigenvalue weighted by Gasteiger charge is 2.31. The van der Waals surface area contributed by atoms with Crippen LogP contribution in [0.2, 0.25) is 0 Å². The number of nitrogens with one attached hydrogen (secondary N) is 1. The molecule has 164 valence electrons. The number of rotatable bonds is 8. The summed E-state index contributed by atoms with van der Waals surface area (Å²) in [5.41, 5.74) is 0.532. The first-order chi connectivity index (χ1) is 14.4. The molecule has 3 rings (SSSR count). The van der Waals surface area contributed by atoms with Crippen LogP contribution in [0.4, 0.5) is 0 Å². The van der Waals surface area contributed by atoms with Gasteiger partial charge in [-0.15, -0.1) is 0 Å². The quantitative estimate of drug-likeness (QED) is 0.675. The zero-order chi connectivity index (χ0) is 21.7. The number of hydrogen-bond donors (Lipinski definition) is 1. The summed E-state index contributed by atoms with van der Waals surface area (Å²) in [6.45, 7) is 6.42. The van der Waals surface area contributed by atoms with Crippen LogP contribution in [0.3, 0.4) is 0 Å². The predicted octanol–water partition coefficient (Wildman–Crippen LogP) is 1.43. The van der Waals surface area contributed by atoms with Crippen molar-refractivity contribution in [2.45, 2.75) is 38.0 Å². The topological polar surface area (TPSA) is 107 Å². The fraction of sp³-hybridized carbons (Fsp3) is 0.550. The van der Waals surface area contributed by atoms with Gasteiger partial charge in [0.25, 0.3) is 0 Å². The Bertz CT molecular complexity index is 992. The van der Waals surface area contributed by atoms with E-state index in [9.17, 15) is 18.0 Å². The Kier molecular flexibility index (Phi) is 7.09. The molecule has 0 bridgehead atoms. The molecule has 1 fully saturated rings. The molecule has 0 aromatic carbocycles. The molecular formula is C20H29N5O4S. The van der Waals surface area contributed by atoms with Gasteiger partial charge in [0, 0.05) is 69.9 Å². The summed E-state index contributed by atoms with van der Waals surface area (Å²) in [7, 11) is -3.66. The number of amides is 2. The molecule has 2 aromatic heterocycles. The van der Waals surface area contributed by atoms with Crippen LogP contribution in [0.25, 0.3) is 11.0 Å². The van der Waals surface area contributed by atoms with E-state index in [-0.39, 0.29) is 29.8 Å². The SMILES string of the molecule is CCN(CC)C(=O)CCCC(=O)N1CCN(S(=O)(=O)c2c[nH]c3ncccc23)CC1. The van der Waals surface area contributed by atoms with Crippen molar-refractivity contribution in [3.05, 3.63) is 24.5 Å². The van der Waals surface area contributed by atoms with Gasteiger partial charge in [-0.25, -0.2) is 13.4 Å². The molecule has 30 heavy (non-hydrogen) atoms. The van der Waals surface area contributed by atoms with E-state index >= 15 is 0 Å². The first kappa shape index (κ1) is 22.2. The van der Waals surface area contributed by atoms with E-state index in [0.29, 0.717) is 56.5 Å². The second-order valence-electron chi connectivity index (χ2n) is 7.26. The largest absolute Gasteiger partial charge is 0.345 e. The van der Waals surface area contributed by atoms with Gasteiger partial charge in [0.15, 0.2) is 0 Å². The Hall–Kier alpha value is -2.46. The number of nitrogens with zero attached hydrogens (tertiary/aromatic N) is 4. The summed E-state index contributed by atoms with van der Waals surface area (Å²) in [5.74, 6) is 0.0348. The number of pyridine rings is 1. The Morgan fingerprint density at radius 2 is 1.83 bits per heavy atom. The number of hydrogen-bond acceptors (Lipinski definition) is 5. The average molecular weight is 436 g/mol. The first-order valence-corrected chi connectivity index (χ1v) is 11.8. The molecule has 0 aliphatic carbocycles. The van der Waals surface area contributed by atoms with Crippen molar-refractivity contribution < 1.29 is 18.0 Å². The highest BCUT2D eigenvalue weighted by atomic mass is 32.2. The van der Waals surface area contributed by atoms with E-state index in [1.807, 2.05) is 13.8 Å². The van der Waals surface area contributed by atoms with E-state index in [1.165, 1.54) is 10.5 Å². The van der Waals surface area contributed by atoms with Crippen LogP contribution in [-0.4, -0.2) is 83.6 Å². The maximum atomic E-state index is 13.0. The minimum absolute atomic E-state index is 0.0318. The van der Waals surface area contributed by atoms with Crippen LogP contribution in [0, 0.1) is 0 Å². The van der Waals surface area contributed by atoms with Crippen molar-refractivity contribution in [3.8, 4) is 0 Å². The van der Waals surface area contributed by atoms with Gasteiger partial charge in [-0.1, -0.05) is 0 Å². The van der Waals surface area contributed by atoms with Gasteiger partial charge in [-0.3, -0.25) is 9.59 Å². The zero-order valence-corrected chi connectivity index (χ0v) is 18.3. The molecule has 1 aliphatic rings. The summed E-state index contributed by atoms with van der Waals surface area (Å²) >= 11 is 0. The lowest BCUT2D eigenvalue weighted by Crippen LogP contribution is -2.50. The number of piperazine rings is 1. The van der Waals surface area contributed by atoms with Crippen molar-refractivity contribution >= 4 is 32.9 Å². The van der Waals surface area contributed by atoms with Crippen LogP contribution >= 0.6 is 0 Å². The first-order valence-electron chi connectivity index (χ1n) is 10.4. The predicted molar refractivity (Wildman–Crippen MR) is 113 cm³/mol. The molecule has 10 heteroatoms. The second kappa shape index (κ2) is 9.57. The number of aromatic nitrogens is 2. The van der Waals surface area contributed by atoms with Gasteiger partial charge in [-0.05, 0) is 32.4 Å². The maximum absolute atomic E-state index is 13.0. The number of carbonyl (C=O) groups excluding carboxylic acids is 2. The zero-order valence-electron chi connectivity index (χ0n) is 17.5. The number of H-pyrrole nitrogens is 1. The summed E-state index contributed by atoms with van der Waals surface area (Å²) < 4.78 is 27.5. The lowest BCUT2D eigenvalue weighted by molar-refractivity contribution is -0.133. The summed E-state index contributed by atoms with van der Waals surface area (Å²) in [5, 5.41) is 0.564. The molecule has 1 N–H and O–H groups in total. The molecule has 0 unspecified atom stereocenters. The fourth-order valence-corrected chi connectivity index (χ4v) is 5.32. The van der Waals surface area contributed by atoms with Gasteiger partial charge in [0.2, 0.25) is 21.8 Å². The highest BCUT2D eigenvalue weighted by Crippen LogP contribution is 2.25. The minimum atomic E-state index is -3.66. The average Bonchev–Trinajstić information content (AvgIpc) is 3.19. The van der Waals surface area contributed by atoms with Crippen molar-refractivity contribution in [1.29, 1.82) is 0 Å². The molecule has 1 aliphatic heterocycles. The van der Waals surface area contributed by atoms with Crippen LogP contribution in [0.1, 0.15) is 33.1 Å². The number of sulfonamides is 1. The lowest BCUT2D eigenvalue weighted by atomic mass is 10.2. The Labute approximate surface area is 177 Å².